The number of furan rings is 1. The van der Waals surface area contributed by atoms with Gasteiger partial charge in [0, 0.05) is 22.5 Å². The lowest BCUT2D eigenvalue weighted by atomic mass is 10.2. The molecule has 9 heteroatoms. The average molecular weight is 492 g/mol. The third-order valence-electron chi connectivity index (χ3n) is 3.26. The summed E-state index contributed by atoms with van der Waals surface area (Å²) in [5, 5.41) is 2.26. The highest BCUT2D eigenvalue weighted by molar-refractivity contribution is 9.10. The van der Waals surface area contributed by atoms with Gasteiger partial charge < -0.3 is 4.42 Å². The Morgan fingerprint density at radius 3 is 2.50 bits per heavy atom. The van der Waals surface area contributed by atoms with E-state index in [2.05, 4.69) is 36.8 Å². The van der Waals surface area contributed by atoms with Crippen molar-refractivity contribution in [1.29, 1.82) is 0 Å². The van der Waals surface area contributed by atoms with Crippen molar-refractivity contribution in [1.82, 2.24) is 9.29 Å². The number of rotatable bonds is 5. The van der Waals surface area contributed by atoms with Gasteiger partial charge in [0.25, 0.3) is 10.0 Å². The Kier molecular flexibility index (Phi) is 5.26. The fourth-order valence-electron chi connectivity index (χ4n) is 2.00. The van der Waals surface area contributed by atoms with Crippen LogP contribution in [0, 0.1) is 0 Å². The predicted octanol–water partition coefficient (Wildman–Crippen LogP) is 4.75. The van der Waals surface area contributed by atoms with Crippen molar-refractivity contribution in [3.05, 3.63) is 56.7 Å². The largest absolute Gasteiger partial charge is 0.453 e. The third-order valence-corrected chi connectivity index (χ3v) is 6.94. The van der Waals surface area contributed by atoms with E-state index in [1.165, 1.54) is 22.7 Å². The number of nitrogens with zero attached hydrogens (tertiary/aromatic N) is 2. The zero-order valence-corrected chi connectivity index (χ0v) is 17.2. The van der Waals surface area contributed by atoms with Crippen LogP contribution in [0.25, 0.3) is 10.6 Å². The minimum atomic E-state index is -3.68. The van der Waals surface area contributed by atoms with E-state index in [1.807, 2.05) is 24.3 Å². The lowest BCUT2D eigenvalue weighted by Gasteiger charge is -2.13. The van der Waals surface area contributed by atoms with Gasteiger partial charge in [-0.25, -0.2) is 13.4 Å². The maximum Gasteiger partial charge on any atom is 0.261 e. The van der Waals surface area contributed by atoms with Crippen LogP contribution >= 0.6 is 43.2 Å². The molecule has 126 valence electrons. The molecule has 5 nitrogen and oxygen atoms in total. The molecule has 3 aromatic rings. The van der Waals surface area contributed by atoms with Crippen molar-refractivity contribution in [3.8, 4) is 10.6 Å². The first-order chi connectivity index (χ1) is 11.4. The molecule has 0 amide bonds. The fraction of sp³-hybridized carbons (Fsp3) is 0.133. The Hall–Kier alpha value is -1.00. The number of benzene rings is 1. The van der Waals surface area contributed by atoms with Gasteiger partial charge >= 0.3 is 0 Å². The van der Waals surface area contributed by atoms with Gasteiger partial charge in [0.05, 0.1) is 6.54 Å². The van der Waals surface area contributed by atoms with E-state index in [1.54, 1.807) is 17.5 Å². The van der Waals surface area contributed by atoms with Crippen molar-refractivity contribution in [2.45, 2.75) is 11.6 Å². The van der Waals surface area contributed by atoms with Gasteiger partial charge in [-0.05, 0) is 40.2 Å². The lowest BCUT2D eigenvalue weighted by molar-refractivity contribution is 0.397. The predicted molar refractivity (Wildman–Crippen MR) is 100 cm³/mol. The minimum absolute atomic E-state index is 0.0403. The molecule has 0 saturated heterocycles. The molecule has 0 aliphatic heterocycles. The standard InChI is InChI=1S/C15H12Br2N2O3S2/c1-19(8-12-6-7-13(17)22-12)24(20,21)14-9-23-15(18-14)10-2-4-11(16)5-3-10/h2-7,9H,8H2,1H3. The van der Waals surface area contributed by atoms with Crippen LogP contribution in [0.3, 0.4) is 0 Å². The van der Waals surface area contributed by atoms with Gasteiger partial charge in [-0.1, -0.05) is 28.1 Å². The van der Waals surface area contributed by atoms with Crippen LogP contribution in [0.4, 0.5) is 0 Å². The van der Waals surface area contributed by atoms with Gasteiger partial charge in [-0.2, -0.15) is 4.31 Å². The van der Waals surface area contributed by atoms with Crippen molar-refractivity contribution in [3.63, 3.8) is 0 Å². The van der Waals surface area contributed by atoms with Crippen LogP contribution in [0.2, 0.25) is 0 Å². The van der Waals surface area contributed by atoms with Gasteiger partial charge in [-0.3, -0.25) is 0 Å². The number of thiazole rings is 1. The van der Waals surface area contributed by atoms with E-state index in [-0.39, 0.29) is 11.6 Å². The van der Waals surface area contributed by atoms with Crippen LogP contribution in [-0.2, 0) is 16.6 Å². The van der Waals surface area contributed by atoms with Crippen LogP contribution < -0.4 is 0 Å². The molecule has 0 unspecified atom stereocenters. The summed E-state index contributed by atoms with van der Waals surface area (Å²) in [6, 6.07) is 11.0. The molecule has 0 aliphatic carbocycles. The summed E-state index contributed by atoms with van der Waals surface area (Å²) in [6.45, 7) is 0.138. The smallest absolute Gasteiger partial charge is 0.261 e. The molecule has 1 aromatic carbocycles. The topological polar surface area (TPSA) is 63.4 Å². The maximum absolute atomic E-state index is 12.7. The molecule has 0 N–H and O–H groups in total. The van der Waals surface area contributed by atoms with E-state index in [0.717, 1.165) is 10.0 Å². The van der Waals surface area contributed by atoms with Gasteiger partial charge in [0.1, 0.15) is 10.8 Å². The van der Waals surface area contributed by atoms with Crippen molar-refractivity contribution >= 4 is 53.2 Å². The lowest BCUT2D eigenvalue weighted by Crippen LogP contribution is -2.26. The zero-order chi connectivity index (χ0) is 17.3. The second-order valence-electron chi connectivity index (χ2n) is 4.96. The minimum Gasteiger partial charge on any atom is -0.453 e. The van der Waals surface area contributed by atoms with Crippen LogP contribution in [0.5, 0.6) is 0 Å². The van der Waals surface area contributed by atoms with Gasteiger partial charge in [-0.15, -0.1) is 11.3 Å². The highest BCUT2D eigenvalue weighted by Crippen LogP contribution is 2.28. The quantitative estimate of drug-likeness (QED) is 0.516. The number of hydrogen-bond acceptors (Lipinski definition) is 5. The molecule has 3 rings (SSSR count). The Morgan fingerprint density at radius 2 is 1.88 bits per heavy atom. The molecule has 0 atom stereocenters. The van der Waals surface area contributed by atoms with Crippen molar-refractivity contribution < 1.29 is 12.8 Å². The second kappa shape index (κ2) is 7.09. The first kappa shape index (κ1) is 17.8. The first-order valence-electron chi connectivity index (χ1n) is 6.78. The molecule has 0 radical (unpaired) electrons. The fourth-order valence-corrected chi connectivity index (χ4v) is 4.81. The molecule has 0 spiro atoms. The molecular formula is C15H12Br2N2O3S2. The van der Waals surface area contributed by atoms with E-state index < -0.39 is 10.0 Å². The first-order valence-corrected chi connectivity index (χ1v) is 10.7. The molecule has 0 aliphatic rings. The monoisotopic (exact) mass is 490 g/mol. The summed E-state index contributed by atoms with van der Waals surface area (Å²) < 4.78 is 33.4. The summed E-state index contributed by atoms with van der Waals surface area (Å²) in [6.07, 6.45) is 0. The number of aromatic nitrogens is 1. The molecule has 2 aromatic heterocycles. The Labute approximate surface area is 160 Å². The molecular weight excluding hydrogens is 480 g/mol. The van der Waals surface area contributed by atoms with E-state index in [4.69, 9.17) is 4.42 Å². The second-order valence-corrected chi connectivity index (χ2v) is 9.51. The Bertz CT molecular complexity index is 949. The summed E-state index contributed by atoms with van der Waals surface area (Å²) in [5.74, 6) is 0.552. The SMILES string of the molecule is CN(Cc1ccc(Br)o1)S(=O)(=O)c1csc(-c2ccc(Br)cc2)n1. The zero-order valence-electron chi connectivity index (χ0n) is 12.4. The third kappa shape index (κ3) is 3.80. The van der Waals surface area contributed by atoms with E-state index >= 15 is 0 Å². The average Bonchev–Trinajstić information content (AvgIpc) is 3.17. The summed E-state index contributed by atoms with van der Waals surface area (Å²) in [5.41, 5.74) is 0.877. The van der Waals surface area contributed by atoms with Crippen LogP contribution in [0.15, 0.2) is 60.4 Å². The van der Waals surface area contributed by atoms with E-state index in [9.17, 15) is 8.42 Å². The number of hydrogen-bond donors (Lipinski definition) is 0. The van der Waals surface area contributed by atoms with Crippen molar-refractivity contribution in [2.24, 2.45) is 0 Å². The maximum atomic E-state index is 12.7. The highest BCUT2D eigenvalue weighted by atomic mass is 79.9. The Balaban J connectivity index is 1.83. The molecule has 24 heavy (non-hydrogen) atoms. The summed E-state index contributed by atoms with van der Waals surface area (Å²) >= 11 is 7.88. The molecule has 0 saturated carbocycles. The number of halogens is 2. The summed E-state index contributed by atoms with van der Waals surface area (Å²) in [7, 11) is -2.17. The number of sulfonamides is 1. The van der Waals surface area contributed by atoms with Crippen molar-refractivity contribution in [2.75, 3.05) is 7.05 Å². The molecule has 0 fully saturated rings. The normalized spacial score (nSPS) is 12.0. The van der Waals surface area contributed by atoms with Gasteiger partial charge in [0.15, 0.2) is 9.70 Å². The summed E-state index contributed by atoms with van der Waals surface area (Å²) in [4.78, 5) is 4.28. The van der Waals surface area contributed by atoms with E-state index in [0.29, 0.717) is 15.4 Å². The molecule has 0 bridgehead atoms. The van der Waals surface area contributed by atoms with Gasteiger partial charge in [0.2, 0.25) is 0 Å². The molecule has 2 heterocycles. The van der Waals surface area contributed by atoms with Crippen LogP contribution in [-0.4, -0.2) is 24.8 Å². The van der Waals surface area contributed by atoms with Crippen LogP contribution in [0.1, 0.15) is 5.76 Å². The Morgan fingerprint density at radius 1 is 1.17 bits per heavy atom. The highest BCUT2D eigenvalue weighted by Gasteiger charge is 2.25.